The zero-order chi connectivity index (χ0) is 25.2. The molecule has 1 atom stereocenters. The molecule has 0 saturated carbocycles. The van der Waals surface area contributed by atoms with Gasteiger partial charge in [-0.1, -0.05) is 87.4 Å². The highest BCUT2D eigenvalue weighted by atomic mass is 16.5. The van der Waals surface area contributed by atoms with Crippen LogP contribution in [0.3, 0.4) is 0 Å². The maximum absolute atomic E-state index is 10.3. The molecule has 3 aromatic carbocycles. The summed E-state index contributed by atoms with van der Waals surface area (Å²) in [5.74, 6) is 2.29. The third-order valence-electron chi connectivity index (χ3n) is 7.08. The molecule has 0 aliphatic heterocycles. The first-order valence-corrected chi connectivity index (χ1v) is 13.5. The fraction of sp³-hybridized carbons (Fsp3) is 0.394. The molecule has 1 unspecified atom stereocenters. The van der Waals surface area contributed by atoms with Gasteiger partial charge in [-0.2, -0.15) is 0 Å². The molecule has 0 spiro atoms. The highest BCUT2D eigenvalue weighted by Crippen LogP contribution is 2.45. The molecule has 0 aromatic heterocycles. The fourth-order valence-electron chi connectivity index (χ4n) is 4.98. The molecule has 1 aliphatic carbocycles. The summed E-state index contributed by atoms with van der Waals surface area (Å²) in [7, 11) is 0. The second kappa shape index (κ2) is 13.3. The molecule has 0 fully saturated rings. The first-order chi connectivity index (χ1) is 17.7. The number of aryl methyl sites for hydroxylation is 1. The van der Waals surface area contributed by atoms with Crippen LogP contribution in [-0.4, -0.2) is 11.7 Å². The second-order valence-electron chi connectivity index (χ2n) is 10.1. The topological polar surface area (TPSA) is 38.7 Å². The standard InChI is InChI=1S/C33H40O3/c1-3-4-7-16-28-20-31(35-23-26-12-8-5-9-13-26)33(30-19-25(2)17-18-29(30)22-34)32(21-28)36-24-27-14-10-6-11-15-27/h5-6,8-15,20-21,25,34H,3-4,7,16-19,22-24H2,1-2H3. The number of benzene rings is 3. The number of ether oxygens (including phenoxy) is 2. The second-order valence-corrected chi connectivity index (χ2v) is 10.1. The van der Waals surface area contributed by atoms with E-state index >= 15 is 0 Å². The van der Waals surface area contributed by atoms with E-state index in [9.17, 15) is 5.11 Å². The maximum atomic E-state index is 10.3. The number of aliphatic hydroxyl groups is 1. The number of aliphatic hydroxyl groups excluding tert-OH is 1. The summed E-state index contributed by atoms with van der Waals surface area (Å²) in [4.78, 5) is 0. The van der Waals surface area contributed by atoms with Crippen LogP contribution in [0.15, 0.2) is 78.4 Å². The van der Waals surface area contributed by atoms with Crippen LogP contribution < -0.4 is 9.47 Å². The Hall–Kier alpha value is -3.04. The van der Waals surface area contributed by atoms with Gasteiger partial charge in [0.15, 0.2) is 0 Å². The summed E-state index contributed by atoms with van der Waals surface area (Å²) < 4.78 is 13.1. The van der Waals surface area contributed by atoms with Gasteiger partial charge in [-0.05, 0) is 78.0 Å². The SMILES string of the molecule is CCCCCc1cc(OCc2ccccc2)c(C2=C(CO)CCC(C)C2)c(OCc2ccccc2)c1. The van der Waals surface area contributed by atoms with Crippen molar-refractivity contribution < 1.29 is 14.6 Å². The number of rotatable bonds is 12. The molecule has 4 rings (SSSR count). The Labute approximate surface area is 216 Å². The summed E-state index contributed by atoms with van der Waals surface area (Å²) in [6.07, 6.45) is 7.50. The van der Waals surface area contributed by atoms with E-state index in [0.29, 0.717) is 19.1 Å². The molecule has 3 nitrogen and oxygen atoms in total. The van der Waals surface area contributed by atoms with Gasteiger partial charge in [0, 0.05) is 0 Å². The van der Waals surface area contributed by atoms with Gasteiger partial charge in [-0.3, -0.25) is 0 Å². The minimum absolute atomic E-state index is 0.0799. The van der Waals surface area contributed by atoms with Crippen LogP contribution in [0.2, 0.25) is 0 Å². The lowest BCUT2D eigenvalue weighted by Gasteiger charge is -2.28. The van der Waals surface area contributed by atoms with Crippen LogP contribution in [0.25, 0.3) is 5.57 Å². The largest absolute Gasteiger partial charge is 0.488 e. The summed E-state index contributed by atoms with van der Waals surface area (Å²) in [5, 5.41) is 10.3. The molecule has 3 heteroatoms. The van der Waals surface area contributed by atoms with Crippen molar-refractivity contribution in [1.82, 2.24) is 0 Å². The van der Waals surface area contributed by atoms with Gasteiger partial charge < -0.3 is 14.6 Å². The van der Waals surface area contributed by atoms with Crippen LogP contribution in [-0.2, 0) is 19.6 Å². The van der Waals surface area contributed by atoms with E-state index in [1.54, 1.807) is 0 Å². The van der Waals surface area contributed by atoms with Gasteiger partial charge in [0.05, 0.1) is 12.2 Å². The van der Waals surface area contributed by atoms with E-state index in [0.717, 1.165) is 65.9 Å². The lowest BCUT2D eigenvalue weighted by Crippen LogP contribution is -2.12. The Morgan fingerprint density at radius 2 is 1.39 bits per heavy atom. The average molecular weight is 485 g/mol. The molecule has 36 heavy (non-hydrogen) atoms. The normalized spacial score (nSPS) is 15.7. The minimum Gasteiger partial charge on any atom is -0.488 e. The van der Waals surface area contributed by atoms with Crippen LogP contribution in [0.1, 0.15) is 74.6 Å². The Bertz CT molecular complexity index is 1050. The van der Waals surface area contributed by atoms with Crippen molar-refractivity contribution in [1.29, 1.82) is 0 Å². The van der Waals surface area contributed by atoms with Crippen molar-refractivity contribution in [2.45, 2.75) is 72.0 Å². The number of unbranched alkanes of at least 4 members (excludes halogenated alkanes) is 2. The molecule has 3 aromatic rings. The first kappa shape index (κ1) is 26.0. The van der Waals surface area contributed by atoms with Gasteiger partial charge >= 0.3 is 0 Å². The third kappa shape index (κ3) is 7.01. The molecule has 0 bridgehead atoms. The molecular formula is C33H40O3. The van der Waals surface area contributed by atoms with E-state index in [1.807, 2.05) is 36.4 Å². The van der Waals surface area contributed by atoms with E-state index in [-0.39, 0.29) is 6.61 Å². The van der Waals surface area contributed by atoms with Crippen LogP contribution in [0.5, 0.6) is 11.5 Å². The van der Waals surface area contributed by atoms with E-state index < -0.39 is 0 Å². The molecular weight excluding hydrogens is 444 g/mol. The molecule has 1 aliphatic rings. The van der Waals surface area contributed by atoms with Crippen LogP contribution in [0, 0.1) is 5.92 Å². The van der Waals surface area contributed by atoms with Crippen molar-refractivity contribution in [3.05, 3.63) is 101 Å². The van der Waals surface area contributed by atoms with Gasteiger partial charge in [0.2, 0.25) is 0 Å². The van der Waals surface area contributed by atoms with Gasteiger partial charge in [-0.15, -0.1) is 0 Å². The molecule has 0 radical (unpaired) electrons. The highest BCUT2D eigenvalue weighted by molar-refractivity contribution is 5.79. The number of allylic oxidation sites excluding steroid dienone is 1. The molecule has 0 heterocycles. The summed E-state index contributed by atoms with van der Waals surface area (Å²) in [6, 6.07) is 25.1. The summed E-state index contributed by atoms with van der Waals surface area (Å²) in [5.41, 5.74) is 6.85. The van der Waals surface area contributed by atoms with E-state index in [1.165, 1.54) is 24.0 Å². The summed E-state index contributed by atoms with van der Waals surface area (Å²) in [6.45, 7) is 5.61. The molecule has 190 valence electrons. The smallest absolute Gasteiger partial charge is 0.131 e. The molecule has 0 amide bonds. The van der Waals surface area contributed by atoms with Crippen molar-refractivity contribution >= 4 is 5.57 Å². The average Bonchev–Trinajstić information content (AvgIpc) is 2.92. The lowest BCUT2D eigenvalue weighted by atomic mass is 9.81. The quantitative estimate of drug-likeness (QED) is 0.264. The van der Waals surface area contributed by atoms with Crippen molar-refractivity contribution in [3.8, 4) is 11.5 Å². The Morgan fingerprint density at radius 3 is 1.92 bits per heavy atom. The van der Waals surface area contributed by atoms with Crippen LogP contribution in [0.4, 0.5) is 0 Å². The monoisotopic (exact) mass is 484 g/mol. The maximum Gasteiger partial charge on any atom is 0.131 e. The first-order valence-electron chi connectivity index (χ1n) is 13.5. The lowest BCUT2D eigenvalue weighted by molar-refractivity contribution is 0.286. The van der Waals surface area contributed by atoms with Gasteiger partial charge in [0.1, 0.15) is 24.7 Å². The predicted molar refractivity (Wildman–Crippen MR) is 148 cm³/mol. The van der Waals surface area contributed by atoms with Crippen molar-refractivity contribution in [2.75, 3.05) is 6.61 Å². The Morgan fingerprint density at radius 1 is 0.806 bits per heavy atom. The molecule has 0 saturated heterocycles. The Balaban J connectivity index is 1.76. The third-order valence-corrected chi connectivity index (χ3v) is 7.08. The fourth-order valence-corrected chi connectivity index (χ4v) is 4.98. The van der Waals surface area contributed by atoms with Gasteiger partial charge in [-0.25, -0.2) is 0 Å². The zero-order valence-corrected chi connectivity index (χ0v) is 21.8. The number of hydrogen-bond acceptors (Lipinski definition) is 3. The summed E-state index contributed by atoms with van der Waals surface area (Å²) >= 11 is 0. The van der Waals surface area contributed by atoms with Crippen LogP contribution >= 0.6 is 0 Å². The van der Waals surface area contributed by atoms with Crippen molar-refractivity contribution in [2.24, 2.45) is 5.92 Å². The number of hydrogen-bond donors (Lipinski definition) is 1. The zero-order valence-electron chi connectivity index (χ0n) is 21.8. The van der Waals surface area contributed by atoms with Crippen molar-refractivity contribution in [3.63, 3.8) is 0 Å². The van der Waals surface area contributed by atoms with Gasteiger partial charge in [0.25, 0.3) is 0 Å². The molecule has 1 N–H and O–H groups in total. The highest BCUT2D eigenvalue weighted by Gasteiger charge is 2.25. The minimum atomic E-state index is 0.0799. The van der Waals surface area contributed by atoms with E-state index in [4.69, 9.17) is 9.47 Å². The van der Waals surface area contributed by atoms with E-state index in [2.05, 4.69) is 50.2 Å². The predicted octanol–water partition coefficient (Wildman–Crippen LogP) is 8.14. The Kier molecular flexibility index (Phi) is 9.63.